The fourth-order valence-electron chi connectivity index (χ4n) is 3.52. The summed E-state index contributed by atoms with van der Waals surface area (Å²) < 4.78 is 35.6. The standard InChI is InChI=1S/C26H22FIN2O7/c1-3-35-22-12-16(10-19(28)23(22)36-14-15-4-6-17(27)7-5-15)11-20-24(31)30(26(33)29-20)13-18-8-9-21(37-18)25(32)34-2/h4-12H,3,13-14H2,1-2H3,(H,29,33)/b20-11-. The molecule has 9 nitrogen and oxygen atoms in total. The van der Waals surface area contributed by atoms with Gasteiger partial charge in [-0.1, -0.05) is 12.1 Å². The Labute approximate surface area is 225 Å². The molecule has 1 aliphatic rings. The van der Waals surface area contributed by atoms with E-state index < -0.39 is 17.9 Å². The molecule has 2 heterocycles. The fourth-order valence-corrected chi connectivity index (χ4v) is 4.30. The Morgan fingerprint density at radius 3 is 2.59 bits per heavy atom. The summed E-state index contributed by atoms with van der Waals surface area (Å²) >= 11 is 2.10. The van der Waals surface area contributed by atoms with Crippen LogP contribution in [0.5, 0.6) is 11.5 Å². The lowest BCUT2D eigenvalue weighted by atomic mass is 10.1. The van der Waals surface area contributed by atoms with Crippen LogP contribution in [-0.2, 0) is 22.7 Å². The van der Waals surface area contributed by atoms with Gasteiger partial charge in [0.1, 0.15) is 23.9 Å². The summed E-state index contributed by atoms with van der Waals surface area (Å²) in [6.07, 6.45) is 1.54. The molecule has 0 bridgehead atoms. The van der Waals surface area contributed by atoms with Gasteiger partial charge in [-0.25, -0.2) is 14.0 Å². The van der Waals surface area contributed by atoms with Crippen molar-refractivity contribution in [1.29, 1.82) is 0 Å². The van der Waals surface area contributed by atoms with Gasteiger partial charge in [0.05, 0.1) is 23.8 Å². The number of carbonyl (C=O) groups is 3. The second-order valence-electron chi connectivity index (χ2n) is 7.82. The van der Waals surface area contributed by atoms with E-state index in [-0.39, 0.29) is 36.2 Å². The number of rotatable bonds is 9. The minimum atomic E-state index is -0.658. The number of urea groups is 1. The molecular formula is C26H22FIN2O7. The van der Waals surface area contributed by atoms with Gasteiger partial charge in [0.25, 0.3) is 5.91 Å². The number of furan rings is 1. The molecule has 0 radical (unpaired) electrons. The van der Waals surface area contributed by atoms with E-state index in [1.54, 1.807) is 24.3 Å². The Morgan fingerprint density at radius 2 is 1.89 bits per heavy atom. The van der Waals surface area contributed by atoms with Crippen molar-refractivity contribution in [3.05, 3.63) is 86.3 Å². The molecule has 1 fully saturated rings. The number of carbonyl (C=O) groups excluding carboxylic acids is 3. The first-order chi connectivity index (χ1) is 17.8. The summed E-state index contributed by atoms with van der Waals surface area (Å²) in [6, 6.07) is 11.8. The molecule has 1 saturated heterocycles. The summed E-state index contributed by atoms with van der Waals surface area (Å²) in [6.45, 7) is 2.27. The largest absolute Gasteiger partial charge is 0.490 e. The first-order valence-corrected chi connectivity index (χ1v) is 12.2. The molecule has 192 valence electrons. The number of hydrogen-bond acceptors (Lipinski definition) is 7. The predicted octanol–water partition coefficient (Wildman–Crippen LogP) is 4.88. The lowest BCUT2D eigenvalue weighted by molar-refractivity contribution is -0.123. The van der Waals surface area contributed by atoms with E-state index >= 15 is 0 Å². The third kappa shape index (κ3) is 6.10. The Morgan fingerprint density at radius 1 is 1.14 bits per heavy atom. The van der Waals surface area contributed by atoms with E-state index in [0.29, 0.717) is 23.7 Å². The number of imide groups is 1. The number of nitrogens with zero attached hydrogens (tertiary/aromatic N) is 1. The average Bonchev–Trinajstić information content (AvgIpc) is 3.45. The number of nitrogens with one attached hydrogen (secondary N) is 1. The van der Waals surface area contributed by atoms with Gasteiger partial charge in [0.2, 0.25) is 5.76 Å². The van der Waals surface area contributed by atoms with E-state index in [0.717, 1.165) is 14.0 Å². The molecule has 1 aromatic heterocycles. The van der Waals surface area contributed by atoms with Crippen molar-refractivity contribution in [1.82, 2.24) is 10.2 Å². The highest BCUT2D eigenvalue weighted by molar-refractivity contribution is 14.1. The van der Waals surface area contributed by atoms with Crippen molar-refractivity contribution in [2.75, 3.05) is 13.7 Å². The molecule has 0 spiro atoms. The quantitative estimate of drug-likeness (QED) is 0.157. The fraction of sp³-hybridized carbons (Fsp3) is 0.192. The molecule has 37 heavy (non-hydrogen) atoms. The lowest BCUT2D eigenvalue weighted by Gasteiger charge is -2.15. The highest BCUT2D eigenvalue weighted by Gasteiger charge is 2.34. The van der Waals surface area contributed by atoms with Crippen molar-refractivity contribution in [3.63, 3.8) is 0 Å². The number of halogens is 2. The second-order valence-corrected chi connectivity index (χ2v) is 8.98. The third-order valence-electron chi connectivity index (χ3n) is 5.26. The third-order valence-corrected chi connectivity index (χ3v) is 6.06. The molecule has 0 atom stereocenters. The minimum Gasteiger partial charge on any atom is -0.490 e. The SMILES string of the molecule is CCOc1cc(/C=C2\NC(=O)N(Cc3ccc(C(=O)OC)o3)C2=O)cc(I)c1OCc1ccc(F)cc1. The number of methoxy groups -OCH3 is 1. The van der Waals surface area contributed by atoms with Crippen molar-refractivity contribution >= 4 is 46.6 Å². The summed E-state index contributed by atoms with van der Waals surface area (Å²) in [5.41, 5.74) is 1.47. The van der Waals surface area contributed by atoms with Gasteiger partial charge < -0.3 is 23.9 Å². The van der Waals surface area contributed by atoms with Crippen LogP contribution in [0.15, 0.2) is 58.6 Å². The predicted molar refractivity (Wildman–Crippen MR) is 138 cm³/mol. The van der Waals surface area contributed by atoms with E-state index in [9.17, 15) is 18.8 Å². The van der Waals surface area contributed by atoms with Gasteiger partial charge in [0.15, 0.2) is 11.5 Å². The molecule has 2 aromatic carbocycles. The second kappa shape index (κ2) is 11.5. The minimum absolute atomic E-state index is 0.0277. The highest BCUT2D eigenvalue weighted by atomic mass is 127. The normalized spacial score (nSPS) is 14.2. The van der Waals surface area contributed by atoms with Gasteiger partial charge in [-0.2, -0.15) is 0 Å². The Bertz CT molecular complexity index is 1370. The van der Waals surface area contributed by atoms with Crippen LogP contribution in [0.2, 0.25) is 0 Å². The zero-order valence-electron chi connectivity index (χ0n) is 19.9. The van der Waals surface area contributed by atoms with Crippen LogP contribution in [0, 0.1) is 9.39 Å². The zero-order chi connectivity index (χ0) is 26.5. The van der Waals surface area contributed by atoms with Crippen LogP contribution < -0.4 is 14.8 Å². The van der Waals surface area contributed by atoms with Crippen LogP contribution in [0.25, 0.3) is 6.08 Å². The van der Waals surface area contributed by atoms with E-state index in [2.05, 4.69) is 32.6 Å². The van der Waals surface area contributed by atoms with Gasteiger partial charge in [-0.3, -0.25) is 9.69 Å². The van der Waals surface area contributed by atoms with Gasteiger partial charge in [-0.15, -0.1) is 0 Å². The molecular weight excluding hydrogens is 598 g/mol. The molecule has 11 heteroatoms. The summed E-state index contributed by atoms with van der Waals surface area (Å²) in [5.74, 6) is -0.340. The van der Waals surface area contributed by atoms with Crippen molar-refractivity contribution < 1.29 is 37.4 Å². The number of amides is 3. The van der Waals surface area contributed by atoms with Crippen LogP contribution in [0.3, 0.4) is 0 Å². The van der Waals surface area contributed by atoms with Crippen molar-refractivity contribution in [3.8, 4) is 11.5 Å². The summed E-state index contributed by atoms with van der Waals surface area (Å²) in [5, 5.41) is 2.56. The van der Waals surface area contributed by atoms with Crippen LogP contribution >= 0.6 is 22.6 Å². The molecule has 0 saturated carbocycles. The summed E-state index contributed by atoms with van der Waals surface area (Å²) in [4.78, 5) is 37.9. The number of hydrogen-bond donors (Lipinski definition) is 1. The van der Waals surface area contributed by atoms with Gasteiger partial charge in [0, 0.05) is 0 Å². The van der Waals surface area contributed by atoms with Crippen molar-refractivity contribution in [2.24, 2.45) is 0 Å². The number of ether oxygens (including phenoxy) is 3. The summed E-state index contributed by atoms with van der Waals surface area (Å²) in [7, 11) is 1.22. The van der Waals surface area contributed by atoms with E-state index in [1.165, 1.54) is 37.5 Å². The van der Waals surface area contributed by atoms with Crippen LogP contribution in [0.1, 0.15) is 34.4 Å². The zero-order valence-corrected chi connectivity index (χ0v) is 22.0. The molecule has 0 aliphatic carbocycles. The van der Waals surface area contributed by atoms with Gasteiger partial charge in [-0.05, 0) is 83.1 Å². The van der Waals surface area contributed by atoms with Crippen LogP contribution in [-0.4, -0.2) is 36.5 Å². The molecule has 1 N–H and O–H groups in total. The monoisotopic (exact) mass is 620 g/mol. The van der Waals surface area contributed by atoms with E-state index in [4.69, 9.17) is 13.9 Å². The maximum atomic E-state index is 13.2. The highest BCUT2D eigenvalue weighted by Crippen LogP contribution is 2.36. The lowest BCUT2D eigenvalue weighted by Crippen LogP contribution is -2.30. The molecule has 4 rings (SSSR count). The van der Waals surface area contributed by atoms with Crippen LogP contribution in [0.4, 0.5) is 9.18 Å². The Kier molecular flexibility index (Phi) is 8.11. The first-order valence-electron chi connectivity index (χ1n) is 11.1. The Hall–Kier alpha value is -3.87. The average molecular weight is 620 g/mol. The molecule has 3 amide bonds. The maximum Gasteiger partial charge on any atom is 0.373 e. The Balaban J connectivity index is 1.52. The number of esters is 1. The van der Waals surface area contributed by atoms with Crippen molar-refractivity contribution in [2.45, 2.75) is 20.1 Å². The molecule has 0 unspecified atom stereocenters. The first kappa shape index (κ1) is 26.2. The topological polar surface area (TPSA) is 107 Å². The molecule has 3 aromatic rings. The number of benzene rings is 2. The molecule has 1 aliphatic heterocycles. The van der Waals surface area contributed by atoms with Gasteiger partial charge >= 0.3 is 12.0 Å². The van der Waals surface area contributed by atoms with E-state index in [1.807, 2.05) is 6.92 Å². The smallest absolute Gasteiger partial charge is 0.373 e. The maximum absolute atomic E-state index is 13.2.